The molecule has 2 aromatic rings. The van der Waals surface area contributed by atoms with Gasteiger partial charge in [0.25, 0.3) is 5.91 Å². The van der Waals surface area contributed by atoms with Crippen LogP contribution in [0, 0.1) is 0 Å². The number of hydrogen-bond donors (Lipinski definition) is 2. The molecule has 0 atom stereocenters. The van der Waals surface area contributed by atoms with Crippen LogP contribution in [-0.4, -0.2) is 92.8 Å². The minimum absolute atomic E-state index is 0.104. The number of sulfonamides is 1. The zero-order valence-corrected chi connectivity index (χ0v) is 20.6. The van der Waals surface area contributed by atoms with Gasteiger partial charge in [-0.15, -0.1) is 0 Å². The van der Waals surface area contributed by atoms with E-state index in [2.05, 4.69) is 27.1 Å². The van der Waals surface area contributed by atoms with Gasteiger partial charge in [0.05, 0.1) is 10.5 Å². The van der Waals surface area contributed by atoms with Gasteiger partial charge < -0.3 is 20.1 Å². The number of pyridine rings is 1. The van der Waals surface area contributed by atoms with Gasteiger partial charge in [-0.3, -0.25) is 9.59 Å². The highest BCUT2D eigenvalue weighted by Crippen LogP contribution is 2.23. The first kappa shape index (κ1) is 25.4. The summed E-state index contributed by atoms with van der Waals surface area (Å²) >= 11 is 0. The first-order valence-electron chi connectivity index (χ1n) is 11.6. The number of H-pyrrole nitrogens is 1. The first-order valence-corrected chi connectivity index (χ1v) is 13.1. The Morgan fingerprint density at radius 1 is 1.09 bits per heavy atom. The summed E-state index contributed by atoms with van der Waals surface area (Å²) in [6.07, 6.45) is 1.81. The van der Waals surface area contributed by atoms with E-state index in [0.717, 1.165) is 45.6 Å². The van der Waals surface area contributed by atoms with Crippen molar-refractivity contribution in [1.82, 2.24) is 24.4 Å². The molecule has 0 unspecified atom stereocenters. The van der Waals surface area contributed by atoms with Gasteiger partial charge in [-0.05, 0) is 44.6 Å². The van der Waals surface area contributed by atoms with Gasteiger partial charge in [0.1, 0.15) is 0 Å². The van der Waals surface area contributed by atoms with Gasteiger partial charge in [-0.2, -0.15) is 4.31 Å². The Morgan fingerprint density at radius 2 is 1.79 bits per heavy atom. The second kappa shape index (κ2) is 11.2. The standard InChI is InChI=1S/C23H35N5O4S/c1-4-28(5-2)33(31,32)18-8-9-21-19(16-18)20(17-22(29)25-21)23(30)24-10-6-7-11-27-14-12-26(3)13-15-27/h8-9,16-17H,4-7,10-15H2,1-3H3,(H,24,30)(H,25,29). The fraction of sp³-hybridized carbons (Fsp3) is 0.565. The van der Waals surface area contributed by atoms with E-state index in [9.17, 15) is 18.0 Å². The summed E-state index contributed by atoms with van der Waals surface area (Å²) in [5.74, 6) is -0.372. The number of nitrogens with one attached hydrogen (secondary N) is 2. The molecule has 0 aliphatic carbocycles. The van der Waals surface area contributed by atoms with Crippen LogP contribution in [0.5, 0.6) is 0 Å². The van der Waals surface area contributed by atoms with Crippen LogP contribution in [0.2, 0.25) is 0 Å². The lowest BCUT2D eigenvalue weighted by Gasteiger charge is -2.32. The average molecular weight is 478 g/mol. The molecule has 2 heterocycles. The van der Waals surface area contributed by atoms with Gasteiger partial charge in [0.2, 0.25) is 15.6 Å². The summed E-state index contributed by atoms with van der Waals surface area (Å²) in [5.41, 5.74) is 0.215. The summed E-state index contributed by atoms with van der Waals surface area (Å²) < 4.78 is 27.2. The van der Waals surface area contributed by atoms with E-state index in [1.807, 2.05) is 0 Å². The fourth-order valence-electron chi connectivity index (χ4n) is 4.12. The maximum absolute atomic E-state index is 12.9. The maximum atomic E-state index is 12.9. The van der Waals surface area contributed by atoms with E-state index in [1.165, 1.54) is 22.5 Å². The van der Waals surface area contributed by atoms with Crippen LogP contribution in [0.15, 0.2) is 34.0 Å². The molecule has 1 aromatic heterocycles. The Labute approximate surface area is 195 Å². The molecule has 1 saturated heterocycles. The summed E-state index contributed by atoms with van der Waals surface area (Å²) in [6.45, 7) is 10.1. The largest absolute Gasteiger partial charge is 0.352 e. The maximum Gasteiger partial charge on any atom is 0.252 e. The van der Waals surface area contributed by atoms with Gasteiger partial charge in [0.15, 0.2) is 0 Å². The third-order valence-corrected chi connectivity index (χ3v) is 8.23. The Balaban J connectivity index is 1.69. The van der Waals surface area contributed by atoms with Crippen LogP contribution in [0.1, 0.15) is 37.0 Å². The Morgan fingerprint density at radius 3 is 2.45 bits per heavy atom. The second-order valence-electron chi connectivity index (χ2n) is 8.45. The molecular formula is C23H35N5O4S. The molecule has 2 N–H and O–H groups in total. The number of carbonyl (C=O) groups excluding carboxylic acids is 1. The van der Waals surface area contributed by atoms with Crippen LogP contribution in [0.25, 0.3) is 10.9 Å². The van der Waals surface area contributed by atoms with Crippen molar-refractivity contribution in [2.75, 3.05) is 59.4 Å². The highest BCUT2D eigenvalue weighted by molar-refractivity contribution is 7.89. The summed E-state index contributed by atoms with van der Waals surface area (Å²) in [4.78, 5) is 32.5. The van der Waals surface area contributed by atoms with Gasteiger partial charge in [-0.25, -0.2) is 8.42 Å². The average Bonchev–Trinajstić information content (AvgIpc) is 2.79. The minimum Gasteiger partial charge on any atom is -0.352 e. The Bertz CT molecular complexity index is 1120. The predicted octanol–water partition coefficient (Wildman–Crippen LogP) is 1.32. The smallest absolute Gasteiger partial charge is 0.252 e. The number of rotatable bonds is 10. The number of amides is 1. The molecule has 1 aliphatic heterocycles. The fourth-order valence-corrected chi connectivity index (χ4v) is 5.61. The summed E-state index contributed by atoms with van der Waals surface area (Å²) in [6, 6.07) is 5.71. The molecule has 0 saturated carbocycles. The van der Waals surface area contributed by atoms with E-state index in [0.29, 0.717) is 30.5 Å². The van der Waals surface area contributed by atoms with Crippen LogP contribution in [0.3, 0.4) is 0 Å². The number of carbonyl (C=O) groups is 1. The van der Waals surface area contributed by atoms with E-state index < -0.39 is 15.6 Å². The SMILES string of the molecule is CCN(CC)S(=O)(=O)c1ccc2[nH]c(=O)cc(C(=O)NCCCCN3CCN(C)CC3)c2c1. The van der Waals surface area contributed by atoms with E-state index in [1.54, 1.807) is 19.9 Å². The van der Waals surface area contributed by atoms with Crippen molar-refractivity contribution in [3.63, 3.8) is 0 Å². The molecule has 0 bridgehead atoms. The number of hydrogen-bond acceptors (Lipinski definition) is 6. The van der Waals surface area contributed by atoms with Crippen molar-refractivity contribution in [3.8, 4) is 0 Å². The lowest BCUT2D eigenvalue weighted by Crippen LogP contribution is -2.44. The van der Waals surface area contributed by atoms with Crippen LogP contribution in [-0.2, 0) is 10.0 Å². The number of aromatic amines is 1. The molecule has 0 radical (unpaired) electrons. The molecule has 10 heteroatoms. The number of nitrogens with zero attached hydrogens (tertiary/aromatic N) is 3. The number of likely N-dealkylation sites (N-methyl/N-ethyl adjacent to an activating group) is 1. The topological polar surface area (TPSA) is 106 Å². The van der Waals surface area contributed by atoms with Crippen molar-refractivity contribution in [2.24, 2.45) is 0 Å². The van der Waals surface area contributed by atoms with Crippen molar-refractivity contribution < 1.29 is 13.2 Å². The normalized spacial score (nSPS) is 15.9. The minimum atomic E-state index is -3.68. The number of unbranched alkanes of at least 4 members (excludes halogenated alkanes) is 1. The van der Waals surface area contributed by atoms with E-state index >= 15 is 0 Å². The van der Waals surface area contributed by atoms with Crippen molar-refractivity contribution in [2.45, 2.75) is 31.6 Å². The van der Waals surface area contributed by atoms with Crippen molar-refractivity contribution in [1.29, 1.82) is 0 Å². The number of benzene rings is 1. The molecule has 9 nitrogen and oxygen atoms in total. The zero-order valence-electron chi connectivity index (χ0n) is 19.8. The van der Waals surface area contributed by atoms with Gasteiger partial charge in [-0.1, -0.05) is 13.8 Å². The summed E-state index contributed by atoms with van der Waals surface area (Å²) in [7, 11) is -1.55. The highest BCUT2D eigenvalue weighted by atomic mass is 32.2. The quantitative estimate of drug-likeness (QED) is 0.500. The van der Waals surface area contributed by atoms with Crippen molar-refractivity contribution >= 4 is 26.8 Å². The lowest BCUT2D eigenvalue weighted by atomic mass is 10.1. The van der Waals surface area contributed by atoms with Gasteiger partial charge in [0, 0.05) is 62.8 Å². The molecule has 1 aliphatic rings. The lowest BCUT2D eigenvalue weighted by molar-refractivity contribution is 0.0953. The number of aromatic nitrogens is 1. The third-order valence-electron chi connectivity index (χ3n) is 6.18. The number of piperazine rings is 1. The second-order valence-corrected chi connectivity index (χ2v) is 10.4. The Hall–Kier alpha value is -2.27. The van der Waals surface area contributed by atoms with Crippen LogP contribution >= 0.6 is 0 Å². The van der Waals surface area contributed by atoms with Crippen LogP contribution < -0.4 is 10.9 Å². The van der Waals surface area contributed by atoms with E-state index in [-0.39, 0.29) is 16.4 Å². The predicted molar refractivity (Wildman–Crippen MR) is 130 cm³/mol. The molecule has 1 amide bonds. The van der Waals surface area contributed by atoms with Crippen molar-refractivity contribution in [3.05, 3.63) is 40.2 Å². The molecular weight excluding hydrogens is 442 g/mol. The van der Waals surface area contributed by atoms with Gasteiger partial charge >= 0.3 is 0 Å². The molecule has 3 rings (SSSR count). The summed E-state index contributed by atoms with van der Waals surface area (Å²) in [5, 5.41) is 3.30. The molecule has 0 spiro atoms. The molecule has 182 valence electrons. The third kappa shape index (κ3) is 6.20. The zero-order chi connectivity index (χ0) is 24.0. The Kier molecular flexibility index (Phi) is 8.63. The molecule has 1 fully saturated rings. The monoisotopic (exact) mass is 477 g/mol. The number of fused-ring (bicyclic) bond motifs is 1. The van der Waals surface area contributed by atoms with E-state index in [4.69, 9.17) is 0 Å². The van der Waals surface area contributed by atoms with Crippen LogP contribution in [0.4, 0.5) is 0 Å². The highest BCUT2D eigenvalue weighted by Gasteiger charge is 2.23. The molecule has 33 heavy (non-hydrogen) atoms. The first-order chi connectivity index (χ1) is 15.8. The molecule has 1 aromatic carbocycles.